The zero-order valence-corrected chi connectivity index (χ0v) is 16.2. The molecule has 2 aromatic carbocycles. The van der Waals surface area contributed by atoms with Crippen LogP contribution in [0.25, 0.3) is 22.4 Å². The first-order valence-electron chi connectivity index (χ1n) is 9.86. The minimum absolute atomic E-state index is 0.221. The molecule has 0 spiro atoms. The summed E-state index contributed by atoms with van der Waals surface area (Å²) in [5.74, 6) is -0.463. The van der Waals surface area contributed by atoms with Crippen LogP contribution in [0.3, 0.4) is 0 Å². The van der Waals surface area contributed by atoms with E-state index in [-0.39, 0.29) is 5.56 Å². The van der Waals surface area contributed by atoms with E-state index in [4.69, 9.17) is 0 Å². The Kier molecular flexibility index (Phi) is 4.52. The first-order chi connectivity index (χ1) is 14.7. The Hall–Kier alpha value is -3.93. The zero-order valence-electron chi connectivity index (χ0n) is 16.2. The van der Waals surface area contributed by atoms with E-state index in [1.54, 1.807) is 18.3 Å². The summed E-state index contributed by atoms with van der Waals surface area (Å²) in [5.41, 5.74) is 6.69. The van der Waals surface area contributed by atoms with Crippen molar-refractivity contribution in [2.24, 2.45) is 0 Å². The number of aromatic carboxylic acids is 1. The molecule has 0 radical (unpaired) electrons. The van der Waals surface area contributed by atoms with Gasteiger partial charge in [0.2, 0.25) is 0 Å². The third-order valence-electron chi connectivity index (χ3n) is 5.52. The number of aromatic amines is 1. The highest BCUT2D eigenvalue weighted by Gasteiger charge is 2.26. The van der Waals surface area contributed by atoms with Gasteiger partial charge in [0.1, 0.15) is 11.4 Å². The molecule has 0 aliphatic carbocycles. The third kappa shape index (κ3) is 3.22. The highest BCUT2D eigenvalue weighted by Crippen LogP contribution is 2.32. The van der Waals surface area contributed by atoms with E-state index in [2.05, 4.69) is 51.6 Å². The van der Waals surface area contributed by atoms with Gasteiger partial charge in [-0.15, -0.1) is 0 Å². The lowest BCUT2D eigenvalue weighted by Gasteiger charge is -2.29. The summed E-state index contributed by atoms with van der Waals surface area (Å²) in [6.45, 7) is 1.26. The number of carbonyl (C=O) groups is 1. The van der Waals surface area contributed by atoms with Crippen molar-refractivity contribution in [2.75, 3.05) is 11.4 Å². The lowest BCUT2D eigenvalue weighted by atomic mass is 9.98. The minimum atomic E-state index is -0.965. The van der Waals surface area contributed by atoms with Crippen molar-refractivity contribution in [3.63, 3.8) is 0 Å². The standard InChI is InChI=1S/C24H20N4O2/c29-24(30)19-7-4-13-25-23(19)28-14-12-21-20(15-28)22(27-26-21)18-10-8-17(9-11-18)16-5-2-1-3-6-16/h1-11,13H,12,14-15H2,(H,26,27)(H,29,30). The molecule has 6 nitrogen and oxygen atoms in total. The lowest BCUT2D eigenvalue weighted by molar-refractivity contribution is 0.0697. The average Bonchev–Trinajstić information content (AvgIpc) is 3.23. The number of carboxylic acids is 1. The van der Waals surface area contributed by atoms with E-state index in [0.29, 0.717) is 18.9 Å². The molecule has 5 rings (SSSR count). The second-order valence-electron chi connectivity index (χ2n) is 7.32. The number of rotatable bonds is 4. The van der Waals surface area contributed by atoms with Crippen molar-refractivity contribution < 1.29 is 9.90 Å². The predicted octanol–water partition coefficient (Wildman–Crippen LogP) is 4.40. The predicted molar refractivity (Wildman–Crippen MR) is 115 cm³/mol. The van der Waals surface area contributed by atoms with Gasteiger partial charge in [0.15, 0.2) is 0 Å². The molecule has 3 heterocycles. The van der Waals surface area contributed by atoms with Crippen LogP contribution in [-0.2, 0) is 13.0 Å². The number of aromatic nitrogens is 3. The summed E-state index contributed by atoms with van der Waals surface area (Å²) in [6, 6.07) is 21.9. The molecule has 0 saturated heterocycles. The largest absolute Gasteiger partial charge is 0.478 e. The van der Waals surface area contributed by atoms with Gasteiger partial charge in [-0.2, -0.15) is 5.10 Å². The molecule has 30 heavy (non-hydrogen) atoms. The van der Waals surface area contributed by atoms with Crippen LogP contribution >= 0.6 is 0 Å². The zero-order chi connectivity index (χ0) is 20.5. The van der Waals surface area contributed by atoms with E-state index >= 15 is 0 Å². The Balaban J connectivity index is 1.46. The highest BCUT2D eigenvalue weighted by molar-refractivity contribution is 5.93. The molecule has 0 bridgehead atoms. The Morgan fingerprint density at radius 3 is 2.43 bits per heavy atom. The second kappa shape index (κ2) is 7.48. The van der Waals surface area contributed by atoms with Gasteiger partial charge in [-0.3, -0.25) is 5.10 Å². The van der Waals surface area contributed by atoms with Crippen molar-refractivity contribution in [2.45, 2.75) is 13.0 Å². The molecule has 0 unspecified atom stereocenters. The molecule has 1 aliphatic rings. The van der Waals surface area contributed by atoms with E-state index in [9.17, 15) is 9.90 Å². The fourth-order valence-electron chi connectivity index (χ4n) is 3.98. The second-order valence-corrected chi connectivity index (χ2v) is 7.32. The maximum absolute atomic E-state index is 11.6. The fourth-order valence-corrected chi connectivity index (χ4v) is 3.98. The minimum Gasteiger partial charge on any atom is -0.478 e. The Morgan fingerprint density at radius 2 is 1.67 bits per heavy atom. The molecule has 1 aliphatic heterocycles. The van der Waals surface area contributed by atoms with Crippen LogP contribution in [0.4, 0.5) is 5.82 Å². The van der Waals surface area contributed by atoms with Crippen LogP contribution in [0.2, 0.25) is 0 Å². The van der Waals surface area contributed by atoms with Crippen molar-refractivity contribution >= 4 is 11.8 Å². The van der Waals surface area contributed by atoms with E-state index < -0.39 is 5.97 Å². The molecule has 4 aromatic rings. The number of H-pyrrole nitrogens is 1. The van der Waals surface area contributed by atoms with Gasteiger partial charge in [-0.1, -0.05) is 54.6 Å². The smallest absolute Gasteiger partial charge is 0.339 e. The van der Waals surface area contributed by atoms with Crippen LogP contribution in [0.5, 0.6) is 0 Å². The maximum Gasteiger partial charge on any atom is 0.339 e. The maximum atomic E-state index is 11.6. The number of benzene rings is 2. The SMILES string of the molecule is O=C(O)c1cccnc1N1CCc2[nH]nc(-c3ccc(-c4ccccc4)cc3)c2C1. The van der Waals surface area contributed by atoms with Gasteiger partial charge in [0.25, 0.3) is 0 Å². The summed E-state index contributed by atoms with van der Waals surface area (Å²) in [7, 11) is 0. The summed E-state index contributed by atoms with van der Waals surface area (Å²) >= 11 is 0. The summed E-state index contributed by atoms with van der Waals surface area (Å²) < 4.78 is 0. The Labute approximate surface area is 173 Å². The van der Waals surface area contributed by atoms with Crippen LogP contribution in [0, 0.1) is 0 Å². The number of hydrogen-bond donors (Lipinski definition) is 2. The van der Waals surface area contributed by atoms with Crippen LogP contribution < -0.4 is 4.90 Å². The average molecular weight is 396 g/mol. The number of fused-ring (bicyclic) bond motifs is 1. The normalized spacial score (nSPS) is 13.1. The summed E-state index contributed by atoms with van der Waals surface area (Å²) in [4.78, 5) is 18.0. The quantitative estimate of drug-likeness (QED) is 0.534. The van der Waals surface area contributed by atoms with Crippen molar-refractivity contribution in [1.82, 2.24) is 15.2 Å². The Morgan fingerprint density at radius 1 is 0.933 bits per heavy atom. The van der Waals surface area contributed by atoms with Gasteiger partial charge < -0.3 is 10.0 Å². The molecule has 0 fully saturated rings. The molecule has 2 aromatic heterocycles. The van der Waals surface area contributed by atoms with Crippen molar-refractivity contribution in [3.05, 3.63) is 89.7 Å². The Bertz CT molecular complexity index is 1200. The molecule has 2 N–H and O–H groups in total. The molecule has 0 amide bonds. The fraction of sp³-hybridized carbons (Fsp3) is 0.125. The molecule has 148 valence electrons. The number of nitrogens with zero attached hydrogens (tertiary/aromatic N) is 3. The van der Waals surface area contributed by atoms with Crippen LogP contribution in [-0.4, -0.2) is 32.8 Å². The highest BCUT2D eigenvalue weighted by atomic mass is 16.4. The molecule has 0 saturated carbocycles. The number of nitrogens with one attached hydrogen (secondary N) is 1. The van der Waals surface area contributed by atoms with Crippen LogP contribution in [0.15, 0.2) is 72.9 Å². The van der Waals surface area contributed by atoms with E-state index in [0.717, 1.165) is 34.5 Å². The molecule has 0 atom stereocenters. The molecular weight excluding hydrogens is 376 g/mol. The summed E-state index contributed by atoms with van der Waals surface area (Å²) in [5, 5.41) is 17.3. The van der Waals surface area contributed by atoms with Gasteiger partial charge in [0, 0.05) is 42.5 Å². The van der Waals surface area contributed by atoms with E-state index in [1.807, 2.05) is 23.1 Å². The van der Waals surface area contributed by atoms with Gasteiger partial charge in [0.05, 0.1) is 5.69 Å². The van der Waals surface area contributed by atoms with Gasteiger partial charge in [-0.25, -0.2) is 9.78 Å². The van der Waals surface area contributed by atoms with Gasteiger partial charge in [-0.05, 0) is 23.3 Å². The number of carboxylic acid groups (broad SMARTS) is 1. The first kappa shape index (κ1) is 18.1. The lowest BCUT2D eigenvalue weighted by Crippen LogP contribution is -2.32. The summed E-state index contributed by atoms with van der Waals surface area (Å²) in [6.07, 6.45) is 2.40. The van der Waals surface area contributed by atoms with Crippen molar-refractivity contribution in [3.8, 4) is 22.4 Å². The number of hydrogen-bond acceptors (Lipinski definition) is 4. The number of pyridine rings is 1. The van der Waals surface area contributed by atoms with Gasteiger partial charge >= 0.3 is 5.97 Å². The van der Waals surface area contributed by atoms with Crippen LogP contribution in [0.1, 0.15) is 21.6 Å². The van der Waals surface area contributed by atoms with Crippen molar-refractivity contribution in [1.29, 1.82) is 0 Å². The third-order valence-corrected chi connectivity index (χ3v) is 5.52. The van der Waals surface area contributed by atoms with E-state index in [1.165, 1.54) is 5.56 Å². The molecule has 6 heteroatoms. The monoisotopic (exact) mass is 396 g/mol. The molecular formula is C24H20N4O2. The number of anilines is 1. The topological polar surface area (TPSA) is 82.1 Å². The first-order valence-corrected chi connectivity index (χ1v) is 9.86.